The van der Waals surface area contributed by atoms with Gasteiger partial charge in [-0.15, -0.1) is 23.1 Å². The summed E-state index contributed by atoms with van der Waals surface area (Å²) in [6.07, 6.45) is 12.8. The normalized spacial score (nSPS) is 14.2. The Balaban J connectivity index is 1.87. The molecule has 26 heavy (non-hydrogen) atoms. The van der Waals surface area contributed by atoms with Gasteiger partial charge in [-0.05, 0) is 61.8 Å². The molecule has 3 nitrogen and oxygen atoms in total. The largest absolute Gasteiger partial charge is 0.242 e. The van der Waals surface area contributed by atoms with E-state index in [1.807, 2.05) is 23.1 Å². The number of pyridine rings is 1. The summed E-state index contributed by atoms with van der Waals surface area (Å²) in [6, 6.07) is 0. The molecule has 0 unspecified atom stereocenters. The fourth-order valence-electron chi connectivity index (χ4n) is 3.88. The second kappa shape index (κ2) is 8.22. The standard InChI is InChI=1S/C21H27N3S2/c1-3-5-11-16-14-9-7-8-10-15(14)17-18-19(26-20(17)24-16)21(23-13-22-18)25-12-6-4-2/h13H,3-12H2,1-2H3. The summed E-state index contributed by atoms with van der Waals surface area (Å²) in [5.74, 6) is 1.13. The third kappa shape index (κ3) is 3.36. The van der Waals surface area contributed by atoms with E-state index in [1.54, 1.807) is 11.9 Å². The molecule has 0 atom stereocenters. The number of fused-ring (bicyclic) bond motifs is 5. The molecule has 0 radical (unpaired) electrons. The number of nitrogens with zero attached hydrogens (tertiary/aromatic N) is 3. The van der Waals surface area contributed by atoms with Crippen molar-refractivity contribution >= 4 is 43.5 Å². The number of rotatable bonds is 7. The zero-order valence-corrected chi connectivity index (χ0v) is 17.4. The molecule has 3 aromatic heterocycles. The van der Waals surface area contributed by atoms with Crippen LogP contribution < -0.4 is 0 Å². The van der Waals surface area contributed by atoms with E-state index in [4.69, 9.17) is 9.97 Å². The summed E-state index contributed by atoms with van der Waals surface area (Å²) in [5, 5.41) is 2.48. The van der Waals surface area contributed by atoms with E-state index in [0.717, 1.165) is 22.7 Å². The van der Waals surface area contributed by atoms with Gasteiger partial charge in [0.2, 0.25) is 0 Å². The predicted octanol–water partition coefficient (Wildman–Crippen LogP) is 6.35. The minimum absolute atomic E-state index is 1.12. The molecule has 4 rings (SSSR count). The molecule has 5 heteroatoms. The van der Waals surface area contributed by atoms with Gasteiger partial charge in [0.25, 0.3) is 0 Å². The first kappa shape index (κ1) is 18.2. The van der Waals surface area contributed by atoms with E-state index in [0.29, 0.717) is 0 Å². The second-order valence-electron chi connectivity index (χ2n) is 7.17. The Kier molecular flexibility index (Phi) is 5.75. The molecular formula is C21H27N3S2. The minimum Gasteiger partial charge on any atom is -0.242 e. The molecule has 0 spiro atoms. The molecule has 0 aromatic carbocycles. The van der Waals surface area contributed by atoms with Crippen LogP contribution in [0.2, 0.25) is 0 Å². The first-order valence-corrected chi connectivity index (χ1v) is 11.8. The van der Waals surface area contributed by atoms with E-state index in [2.05, 4.69) is 18.8 Å². The van der Waals surface area contributed by atoms with Crippen molar-refractivity contribution < 1.29 is 0 Å². The molecule has 138 valence electrons. The first-order chi connectivity index (χ1) is 12.8. The van der Waals surface area contributed by atoms with Crippen LogP contribution in [0.15, 0.2) is 11.4 Å². The van der Waals surface area contributed by atoms with E-state index in [1.165, 1.54) is 77.5 Å². The lowest BCUT2D eigenvalue weighted by Gasteiger charge is -2.20. The van der Waals surface area contributed by atoms with Gasteiger partial charge in [0.15, 0.2) is 0 Å². The Labute approximate surface area is 164 Å². The second-order valence-corrected chi connectivity index (χ2v) is 9.25. The fraction of sp³-hybridized carbons (Fsp3) is 0.571. The van der Waals surface area contributed by atoms with Crippen LogP contribution >= 0.6 is 23.1 Å². The monoisotopic (exact) mass is 385 g/mol. The van der Waals surface area contributed by atoms with Gasteiger partial charge in [-0.3, -0.25) is 0 Å². The summed E-state index contributed by atoms with van der Waals surface area (Å²) >= 11 is 3.69. The molecular weight excluding hydrogens is 358 g/mol. The molecule has 0 fully saturated rings. The van der Waals surface area contributed by atoms with Crippen LogP contribution in [0.1, 0.15) is 69.2 Å². The Hall–Kier alpha value is -1.20. The SMILES string of the molecule is CCCCSc1ncnc2c1sc1nc(CCCC)c3c(c12)CCCC3. The summed E-state index contributed by atoms with van der Waals surface area (Å²) in [4.78, 5) is 15.6. The first-order valence-electron chi connectivity index (χ1n) is 10.0. The number of hydrogen-bond acceptors (Lipinski definition) is 5. The zero-order valence-electron chi connectivity index (χ0n) is 15.8. The van der Waals surface area contributed by atoms with Crippen LogP contribution in [0.3, 0.4) is 0 Å². The van der Waals surface area contributed by atoms with Crippen molar-refractivity contribution in [1.82, 2.24) is 15.0 Å². The van der Waals surface area contributed by atoms with Crippen LogP contribution in [0.25, 0.3) is 20.4 Å². The molecule has 1 aliphatic carbocycles. The molecule has 3 aromatic rings. The zero-order chi connectivity index (χ0) is 17.9. The smallest absolute Gasteiger partial charge is 0.126 e. The Morgan fingerprint density at radius 3 is 2.65 bits per heavy atom. The van der Waals surface area contributed by atoms with Crippen LogP contribution in [0.5, 0.6) is 0 Å². The number of aryl methyl sites for hydroxylation is 2. The van der Waals surface area contributed by atoms with Gasteiger partial charge < -0.3 is 0 Å². The lowest BCUT2D eigenvalue weighted by atomic mass is 9.87. The average Bonchev–Trinajstić information content (AvgIpc) is 3.06. The molecule has 0 saturated heterocycles. The van der Waals surface area contributed by atoms with E-state index in [9.17, 15) is 0 Å². The van der Waals surface area contributed by atoms with E-state index < -0.39 is 0 Å². The molecule has 3 heterocycles. The highest BCUT2D eigenvalue weighted by Crippen LogP contribution is 2.41. The van der Waals surface area contributed by atoms with Crippen LogP contribution in [0, 0.1) is 0 Å². The van der Waals surface area contributed by atoms with Crippen molar-refractivity contribution in [3.63, 3.8) is 0 Å². The van der Waals surface area contributed by atoms with E-state index in [-0.39, 0.29) is 0 Å². The van der Waals surface area contributed by atoms with Gasteiger partial charge in [0.05, 0.1) is 10.2 Å². The highest BCUT2D eigenvalue weighted by molar-refractivity contribution is 7.99. The minimum atomic E-state index is 1.12. The van der Waals surface area contributed by atoms with Crippen molar-refractivity contribution in [3.05, 3.63) is 23.1 Å². The maximum atomic E-state index is 5.14. The molecule has 0 saturated carbocycles. The summed E-state index contributed by atoms with van der Waals surface area (Å²) in [6.45, 7) is 4.50. The van der Waals surface area contributed by atoms with Gasteiger partial charge in [-0.2, -0.15) is 0 Å². The lowest BCUT2D eigenvalue weighted by Crippen LogP contribution is -2.09. The van der Waals surface area contributed by atoms with Crippen molar-refractivity contribution in [1.29, 1.82) is 0 Å². The fourth-order valence-corrected chi connectivity index (χ4v) is 6.22. The van der Waals surface area contributed by atoms with Crippen LogP contribution in [0.4, 0.5) is 0 Å². The predicted molar refractivity (Wildman–Crippen MR) is 114 cm³/mol. The van der Waals surface area contributed by atoms with Gasteiger partial charge >= 0.3 is 0 Å². The Bertz CT molecular complexity index is 917. The topological polar surface area (TPSA) is 38.7 Å². The molecule has 0 N–H and O–H groups in total. The number of aromatic nitrogens is 3. The van der Waals surface area contributed by atoms with Crippen molar-refractivity contribution in [2.75, 3.05) is 5.75 Å². The average molecular weight is 386 g/mol. The van der Waals surface area contributed by atoms with Crippen molar-refractivity contribution in [2.45, 2.75) is 76.7 Å². The van der Waals surface area contributed by atoms with Crippen molar-refractivity contribution in [2.24, 2.45) is 0 Å². The van der Waals surface area contributed by atoms with Gasteiger partial charge in [-0.1, -0.05) is 26.7 Å². The van der Waals surface area contributed by atoms with Gasteiger partial charge in [0.1, 0.15) is 16.2 Å². The Morgan fingerprint density at radius 1 is 1.04 bits per heavy atom. The van der Waals surface area contributed by atoms with Gasteiger partial charge in [0, 0.05) is 11.1 Å². The lowest BCUT2D eigenvalue weighted by molar-refractivity contribution is 0.670. The highest BCUT2D eigenvalue weighted by atomic mass is 32.2. The number of thioether (sulfide) groups is 1. The molecule has 0 aliphatic heterocycles. The third-order valence-corrected chi connectivity index (χ3v) is 7.56. The number of unbranched alkanes of at least 4 members (excludes halogenated alkanes) is 2. The number of thiophene rings is 1. The number of hydrogen-bond donors (Lipinski definition) is 0. The molecule has 1 aliphatic rings. The van der Waals surface area contributed by atoms with Gasteiger partial charge in [-0.25, -0.2) is 15.0 Å². The van der Waals surface area contributed by atoms with Crippen molar-refractivity contribution in [3.8, 4) is 0 Å². The molecule has 0 amide bonds. The van der Waals surface area contributed by atoms with Crippen LogP contribution in [-0.4, -0.2) is 20.7 Å². The Morgan fingerprint density at radius 2 is 1.85 bits per heavy atom. The highest BCUT2D eigenvalue weighted by Gasteiger charge is 2.22. The third-order valence-electron chi connectivity index (χ3n) is 5.28. The van der Waals surface area contributed by atoms with Crippen LogP contribution in [-0.2, 0) is 19.3 Å². The quantitative estimate of drug-likeness (QED) is 0.270. The maximum Gasteiger partial charge on any atom is 0.126 e. The molecule has 0 bridgehead atoms. The summed E-state index contributed by atoms with van der Waals surface area (Å²) in [7, 11) is 0. The summed E-state index contributed by atoms with van der Waals surface area (Å²) < 4.78 is 1.25. The summed E-state index contributed by atoms with van der Waals surface area (Å²) in [5.41, 5.74) is 5.58. The maximum absolute atomic E-state index is 5.14. The van der Waals surface area contributed by atoms with E-state index >= 15 is 0 Å².